The maximum Gasteiger partial charge on any atom is 0.168 e. The topological polar surface area (TPSA) is 55.4 Å². The number of allylic oxidation sites excluding steroid dienone is 2. The summed E-state index contributed by atoms with van der Waals surface area (Å²) in [6, 6.07) is 0. The van der Waals surface area contributed by atoms with Gasteiger partial charge in [-0.1, -0.05) is 26.8 Å². The van der Waals surface area contributed by atoms with Crippen LogP contribution in [0.5, 0.6) is 0 Å². The van der Waals surface area contributed by atoms with Gasteiger partial charge >= 0.3 is 0 Å². The molecule has 0 aromatic heterocycles. The number of carbonyl (C=O) groups is 2. The van der Waals surface area contributed by atoms with Crippen LogP contribution in [0.25, 0.3) is 0 Å². The van der Waals surface area contributed by atoms with Gasteiger partial charge < -0.3 is 0 Å². The van der Waals surface area contributed by atoms with Crippen molar-refractivity contribution in [2.24, 2.45) is 11.8 Å². The first kappa shape index (κ1) is 15.6. The van der Waals surface area contributed by atoms with Gasteiger partial charge in [0.05, 0.1) is 17.9 Å². The predicted octanol–water partition coefficient (Wildman–Crippen LogP) is 2.56. The number of rotatable bonds is 6. The molecule has 19 heavy (non-hydrogen) atoms. The molecule has 1 rings (SSSR count). The Hall–Kier alpha value is -1.42. The SMILES string of the molecule is C=CCONC(CC)=C1C(=O)CC(C(C)C)CC1=O. The lowest BCUT2D eigenvalue weighted by Crippen LogP contribution is -2.32. The van der Waals surface area contributed by atoms with E-state index in [1.807, 2.05) is 20.8 Å². The zero-order chi connectivity index (χ0) is 14.4. The van der Waals surface area contributed by atoms with Crippen molar-refractivity contribution < 1.29 is 14.4 Å². The van der Waals surface area contributed by atoms with Gasteiger partial charge in [-0.15, -0.1) is 6.58 Å². The number of Topliss-reactive ketones (excluding diaryl/α,β-unsaturated/α-hetero) is 2. The molecule has 1 fully saturated rings. The molecule has 0 aromatic rings. The molecule has 0 radical (unpaired) electrons. The minimum absolute atomic E-state index is 0.0681. The summed E-state index contributed by atoms with van der Waals surface area (Å²) in [5.41, 5.74) is 3.59. The molecule has 106 valence electrons. The molecule has 1 saturated carbocycles. The van der Waals surface area contributed by atoms with Gasteiger partial charge in [-0.25, -0.2) is 0 Å². The van der Waals surface area contributed by atoms with E-state index < -0.39 is 0 Å². The minimum Gasteiger partial charge on any atom is -0.294 e. The quantitative estimate of drug-likeness (QED) is 0.264. The molecule has 1 N–H and O–H groups in total. The molecule has 0 amide bonds. The van der Waals surface area contributed by atoms with E-state index in [1.54, 1.807) is 6.08 Å². The molecule has 0 spiro atoms. The van der Waals surface area contributed by atoms with Crippen molar-refractivity contribution in [3.05, 3.63) is 23.9 Å². The third-order valence-corrected chi connectivity index (χ3v) is 3.45. The minimum atomic E-state index is -0.0681. The average molecular weight is 265 g/mol. The van der Waals surface area contributed by atoms with Gasteiger partial charge in [-0.05, 0) is 18.3 Å². The van der Waals surface area contributed by atoms with Gasteiger partial charge in [0.15, 0.2) is 11.6 Å². The first-order valence-corrected chi connectivity index (χ1v) is 6.79. The fourth-order valence-corrected chi connectivity index (χ4v) is 2.20. The van der Waals surface area contributed by atoms with E-state index in [2.05, 4.69) is 12.1 Å². The summed E-state index contributed by atoms with van der Waals surface area (Å²) in [7, 11) is 0. The fraction of sp³-hybridized carbons (Fsp3) is 0.600. The molecule has 0 aliphatic heterocycles. The molecule has 4 nitrogen and oxygen atoms in total. The third-order valence-electron chi connectivity index (χ3n) is 3.45. The maximum atomic E-state index is 12.2. The molecule has 1 aliphatic carbocycles. The number of carbonyl (C=O) groups excluding carboxylic acids is 2. The van der Waals surface area contributed by atoms with Crippen molar-refractivity contribution in [3.8, 4) is 0 Å². The number of hydroxylamine groups is 1. The molecule has 1 aliphatic rings. The van der Waals surface area contributed by atoms with Crippen LogP contribution in [0.15, 0.2) is 23.9 Å². The van der Waals surface area contributed by atoms with Crippen molar-refractivity contribution in [2.75, 3.05) is 6.61 Å². The largest absolute Gasteiger partial charge is 0.294 e. The van der Waals surface area contributed by atoms with Gasteiger partial charge in [-0.2, -0.15) is 0 Å². The molecule has 0 atom stereocenters. The summed E-state index contributed by atoms with van der Waals surface area (Å²) in [6.45, 7) is 9.85. The van der Waals surface area contributed by atoms with Crippen LogP contribution in [-0.4, -0.2) is 18.2 Å². The number of nitrogens with one attached hydrogen (secondary N) is 1. The van der Waals surface area contributed by atoms with Gasteiger partial charge in [-0.3, -0.25) is 19.9 Å². The van der Waals surface area contributed by atoms with Crippen molar-refractivity contribution in [2.45, 2.75) is 40.0 Å². The Balaban J connectivity index is 2.87. The third kappa shape index (κ3) is 4.03. The van der Waals surface area contributed by atoms with E-state index in [0.29, 0.717) is 43.1 Å². The van der Waals surface area contributed by atoms with E-state index in [0.717, 1.165) is 0 Å². The molecule has 0 saturated heterocycles. The highest BCUT2D eigenvalue weighted by atomic mass is 16.6. The second-order valence-electron chi connectivity index (χ2n) is 5.17. The lowest BCUT2D eigenvalue weighted by atomic mass is 9.77. The van der Waals surface area contributed by atoms with Crippen LogP contribution in [-0.2, 0) is 14.4 Å². The highest BCUT2D eigenvalue weighted by Gasteiger charge is 2.33. The van der Waals surface area contributed by atoms with Crippen LogP contribution < -0.4 is 5.48 Å². The Labute approximate surface area is 114 Å². The Morgan fingerprint density at radius 1 is 1.42 bits per heavy atom. The fourth-order valence-electron chi connectivity index (χ4n) is 2.20. The summed E-state index contributed by atoms with van der Waals surface area (Å²) in [6.07, 6.45) is 3.07. The summed E-state index contributed by atoms with van der Waals surface area (Å²) in [5, 5.41) is 0. The number of hydrogen-bond acceptors (Lipinski definition) is 4. The monoisotopic (exact) mass is 265 g/mol. The van der Waals surface area contributed by atoms with E-state index in [-0.39, 0.29) is 17.5 Å². The summed E-state index contributed by atoms with van der Waals surface area (Å²) >= 11 is 0. The van der Waals surface area contributed by atoms with Crippen molar-refractivity contribution in [3.63, 3.8) is 0 Å². The molecular weight excluding hydrogens is 242 g/mol. The van der Waals surface area contributed by atoms with Crippen LogP contribution in [0.4, 0.5) is 0 Å². The Morgan fingerprint density at radius 2 is 2.00 bits per heavy atom. The summed E-state index contributed by atoms with van der Waals surface area (Å²) in [5.74, 6) is 0.378. The highest BCUT2D eigenvalue weighted by Crippen LogP contribution is 2.30. The van der Waals surface area contributed by atoms with Crippen molar-refractivity contribution in [1.82, 2.24) is 5.48 Å². The van der Waals surface area contributed by atoms with Gasteiger partial charge in [0.1, 0.15) is 0 Å². The van der Waals surface area contributed by atoms with Crippen LogP contribution >= 0.6 is 0 Å². The average Bonchev–Trinajstić information content (AvgIpc) is 2.35. The summed E-state index contributed by atoms with van der Waals surface area (Å²) in [4.78, 5) is 29.4. The van der Waals surface area contributed by atoms with Crippen LogP contribution in [0, 0.1) is 11.8 Å². The number of ketones is 2. The molecule has 0 aromatic carbocycles. The molecule has 0 unspecified atom stereocenters. The van der Waals surface area contributed by atoms with Gasteiger partial charge in [0, 0.05) is 12.8 Å². The van der Waals surface area contributed by atoms with E-state index >= 15 is 0 Å². The maximum absolute atomic E-state index is 12.2. The lowest BCUT2D eigenvalue weighted by molar-refractivity contribution is -0.126. The molecular formula is C15H23NO3. The molecule has 4 heteroatoms. The van der Waals surface area contributed by atoms with Crippen LogP contribution in [0.2, 0.25) is 0 Å². The number of hydrogen-bond donors (Lipinski definition) is 1. The van der Waals surface area contributed by atoms with Crippen LogP contribution in [0.1, 0.15) is 40.0 Å². The lowest BCUT2D eigenvalue weighted by Gasteiger charge is -2.26. The summed E-state index contributed by atoms with van der Waals surface area (Å²) < 4.78 is 0. The van der Waals surface area contributed by atoms with E-state index in [4.69, 9.17) is 4.84 Å². The second kappa shape index (κ2) is 7.24. The van der Waals surface area contributed by atoms with Crippen LogP contribution in [0.3, 0.4) is 0 Å². The van der Waals surface area contributed by atoms with Gasteiger partial charge in [0.2, 0.25) is 0 Å². The smallest absolute Gasteiger partial charge is 0.168 e. The van der Waals surface area contributed by atoms with E-state index in [1.165, 1.54) is 0 Å². The van der Waals surface area contributed by atoms with Crippen molar-refractivity contribution in [1.29, 1.82) is 0 Å². The highest BCUT2D eigenvalue weighted by molar-refractivity contribution is 6.22. The Morgan fingerprint density at radius 3 is 2.42 bits per heavy atom. The predicted molar refractivity (Wildman–Crippen MR) is 74.2 cm³/mol. The zero-order valence-electron chi connectivity index (χ0n) is 12.0. The molecule has 0 heterocycles. The Bertz CT molecular complexity index is 376. The van der Waals surface area contributed by atoms with E-state index in [9.17, 15) is 9.59 Å². The van der Waals surface area contributed by atoms with Crippen molar-refractivity contribution >= 4 is 11.6 Å². The zero-order valence-corrected chi connectivity index (χ0v) is 12.0. The second-order valence-corrected chi connectivity index (χ2v) is 5.17. The first-order chi connectivity index (χ1) is 9.01. The van der Waals surface area contributed by atoms with Gasteiger partial charge in [0.25, 0.3) is 0 Å². The normalized spacial score (nSPS) is 19.8. The first-order valence-electron chi connectivity index (χ1n) is 6.79. The molecule has 0 bridgehead atoms. The standard InChI is InChI=1S/C15H23NO3/c1-5-7-19-16-12(6-2)15-13(17)8-11(10(3)4)9-14(15)18/h5,10-11,16H,1,6-9H2,2-4H3. The Kier molecular flexibility index (Phi) is 5.96.